The largest absolute Gasteiger partial charge is 0.240 e. The molecule has 1 aromatic heterocycles. The number of sulfonamides is 1. The molecule has 0 bridgehead atoms. The molecule has 1 heterocycles. The average Bonchev–Trinajstić information content (AvgIpc) is 2.47. The SMILES string of the molecule is C[C@@H](CNS(=O)(=O)c1ccccc1)Sc1ncccn1. The molecule has 0 spiro atoms. The molecule has 1 aromatic carbocycles. The Morgan fingerprint density at radius 3 is 2.45 bits per heavy atom. The fourth-order valence-electron chi connectivity index (χ4n) is 1.48. The second-order valence-corrected chi connectivity index (χ2v) is 7.30. The lowest BCUT2D eigenvalue weighted by atomic mass is 10.4. The monoisotopic (exact) mass is 309 g/mol. The van der Waals surface area contributed by atoms with E-state index in [-0.39, 0.29) is 10.1 Å². The summed E-state index contributed by atoms with van der Waals surface area (Å²) in [4.78, 5) is 8.46. The molecule has 106 valence electrons. The van der Waals surface area contributed by atoms with Gasteiger partial charge in [-0.15, -0.1) is 0 Å². The highest BCUT2D eigenvalue weighted by atomic mass is 32.2. The Balaban J connectivity index is 1.92. The molecule has 1 N–H and O–H groups in total. The molecule has 7 heteroatoms. The Morgan fingerprint density at radius 1 is 1.15 bits per heavy atom. The van der Waals surface area contributed by atoms with Gasteiger partial charge in [0.15, 0.2) is 5.16 Å². The fraction of sp³-hybridized carbons (Fsp3) is 0.231. The van der Waals surface area contributed by atoms with Crippen molar-refractivity contribution in [2.75, 3.05) is 6.54 Å². The van der Waals surface area contributed by atoms with Crippen LogP contribution in [0.5, 0.6) is 0 Å². The van der Waals surface area contributed by atoms with Crippen LogP contribution in [0.4, 0.5) is 0 Å². The quantitative estimate of drug-likeness (QED) is 0.652. The number of nitrogens with one attached hydrogen (secondary N) is 1. The summed E-state index contributed by atoms with van der Waals surface area (Å²) in [5.74, 6) is 0. The molecule has 0 unspecified atom stereocenters. The van der Waals surface area contributed by atoms with Crippen LogP contribution in [0.25, 0.3) is 0 Å². The van der Waals surface area contributed by atoms with Crippen molar-refractivity contribution in [1.29, 1.82) is 0 Å². The van der Waals surface area contributed by atoms with Gasteiger partial charge >= 0.3 is 0 Å². The van der Waals surface area contributed by atoms with E-state index in [1.54, 1.807) is 48.8 Å². The summed E-state index contributed by atoms with van der Waals surface area (Å²) in [6, 6.07) is 10.1. The number of aromatic nitrogens is 2. The third-order valence-corrected chi connectivity index (χ3v) is 4.89. The average molecular weight is 309 g/mol. The van der Waals surface area contributed by atoms with E-state index in [1.807, 2.05) is 6.92 Å². The van der Waals surface area contributed by atoms with Crippen LogP contribution in [0.3, 0.4) is 0 Å². The van der Waals surface area contributed by atoms with Crippen molar-refractivity contribution in [3.8, 4) is 0 Å². The van der Waals surface area contributed by atoms with Crippen LogP contribution in [-0.4, -0.2) is 30.2 Å². The first-order valence-electron chi connectivity index (χ1n) is 6.06. The van der Waals surface area contributed by atoms with Gasteiger partial charge in [0, 0.05) is 24.2 Å². The predicted octanol–water partition coefficient (Wildman–Crippen LogP) is 1.94. The van der Waals surface area contributed by atoms with Crippen LogP contribution < -0.4 is 4.72 Å². The van der Waals surface area contributed by atoms with Gasteiger partial charge in [-0.05, 0) is 18.2 Å². The normalized spacial score (nSPS) is 13.1. The van der Waals surface area contributed by atoms with Crippen molar-refractivity contribution < 1.29 is 8.42 Å². The van der Waals surface area contributed by atoms with Gasteiger partial charge in [0.25, 0.3) is 0 Å². The van der Waals surface area contributed by atoms with Crippen molar-refractivity contribution in [2.24, 2.45) is 0 Å². The summed E-state index contributed by atoms with van der Waals surface area (Å²) in [7, 11) is -3.45. The minimum atomic E-state index is -3.45. The van der Waals surface area contributed by atoms with E-state index >= 15 is 0 Å². The summed E-state index contributed by atoms with van der Waals surface area (Å²) in [5.41, 5.74) is 0. The Morgan fingerprint density at radius 2 is 1.80 bits per heavy atom. The third-order valence-electron chi connectivity index (χ3n) is 2.46. The maximum Gasteiger partial charge on any atom is 0.240 e. The molecule has 20 heavy (non-hydrogen) atoms. The minimum absolute atomic E-state index is 0.0379. The van der Waals surface area contributed by atoms with E-state index in [0.717, 1.165) is 0 Å². The zero-order valence-electron chi connectivity index (χ0n) is 10.9. The predicted molar refractivity (Wildman–Crippen MR) is 79.0 cm³/mol. The molecule has 0 amide bonds. The van der Waals surface area contributed by atoms with Crippen molar-refractivity contribution in [3.63, 3.8) is 0 Å². The Hall–Kier alpha value is -1.44. The molecule has 5 nitrogen and oxygen atoms in total. The van der Waals surface area contributed by atoms with Crippen LogP contribution in [0, 0.1) is 0 Å². The maximum atomic E-state index is 12.0. The zero-order chi connectivity index (χ0) is 14.4. The molecular formula is C13H15N3O2S2. The number of nitrogens with zero attached hydrogens (tertiary/aromatic N) is 2. The lowest BCUT2D eigenvalue weighted by molar-refractivity contribution is 0.581. The molecular weight excluding hydrogens is 294 g/mol. The first-order valence-corrected chi connectivity index (χ1v) is 8.42. The molecule has 0 saturated heterocycles. The van der Waals surface area contributed by atoms with Crippen molar-refractivity contribution in [3.05, 3.63) is 48.8 Å². The first-order chi connectivity index (χ1) is 9.58. The van der Waals surface area contributed by atoms with Crippen LogP contribution in [0.1, 0.15) is 6.92 Å². The lowest BCUT2D eigenvalue weighted by Crippen LogP contribution is -2.29. The summed E-state index contributed by atoms with van der Waals surface area (Å²) in [5, 5.41) is 0.676. The van der Waals surface area contributed by atoms with Crippen LogP contribution >= 0.6 is 11.8 Å². The Bertz CT molecular complexity index is 633. The summed E-state index contributed by atoms with van der Waals surface area (Å²) in [6.45, 7) is 2.24. The molecule has 1 atom stereocenters. The summed E-state index contributed by atoms with van der Waals surface area (Å²) in [6.07, 6.45) is 3.33. The van der Waals surface area contributed by atoms with E-state index in [4.69, 9.17) is 0 Å². The molecule has 2 aromatic rings. The van der Waals surface area contributed by atoms with Gasteiger partial charge in [-0.3, -0.25) is 0 Å². The van der Waals surface area contributed by atoms with E-state index in [2.05, 4.69) is 14.7 Å². The fourth-order valence-corrected chi connectivity index (χ4v) is 3.50. The molecule has 0 aliphatic heterocycles. The second kappa shape index (κ2) is 6.83. The van der Waals surface area contributed by atoms with E-state index in [1.165, 1.54) is 11.8 Å². The second-order valence-electron chi connectivity index (χ2n) is 4.12. The molecule has 0 aliphatic rings. The summed E-state index contributed by atoms with van der Waals surface area (Å²) < 4.78 is 26.7. The van der Waals surface area contributed by atoms with Gasteiger partial charge in [-0.2, -0.15) is 0 Å². The highest BCUT2D eigenvalue weighted by Gasteiger charge is 2.15. The van der Waals surface area contributed by atoms with E-state index in [9.17, 15) is 8.42 Å². The molecule has 0 aliphatic carbocycles. The smallest absolute Gasteiger partial charge is 0.231 e. The van der Waals surface area contributed by atoms with Crippen LogP contribution in [0.2, 0.25) is 0 Å². The van der Waals surface area contributed by atoms with Gasteiger partial charge in [0.05, 0.1) is 4.90 Å². The maximum absolute atomic E-state index is 12.0. The van der Waals surface area contributed by atoms with Gasteiger partial charge in [0.1, 0.15) is 0 Å². The minimum Gasteiger partial charge on any atom is -0.231 e. The first kappa shape index (κ1) is 15.0. The van der Waals surface area contributed by atoms with Crippen LogP contribution in [-0.2, 0) is 10.0 Å². The number of hydrogen-bond acceptors (Lipinski definition) is 5. The topological polar surface area (TPSA) is 72.0 Å². The highest BCUT2D eigenvalue weighted by molar-refractivity contribution is 7.99. The van der Waals surface area contributed by atoms with Gasteiger partial charge in [-0.1, -0.05) is 36.9 Å². The van der Waals surface area contributed by atoms with E-state index in [0.29, 0.717) is 11.7 Å². The summed E-state index contributed by atoms with van der Waals surface area (Å²) >= 11 is 1.43. The van der Waals surface area contributed by atoms with Gasteiger partial charge in [0.2, 0.25) is 10.0 Å². The zero-order valence-corrected chi connectivity index (χ0v) is 12.6. The van der Waals surface area contributed by atoms with Crippen molar-refractivity contribution in [2.45, 2.75) is 22.2 Å². The Labute approximate surface area is 122 Å². The van der Waals surface area contributed by atoms with Crippen molar-refractivity contribution in [1.82, 2.24) is 14.7 Å². The van der Waals surface area contributed by atoms with E-state index < -0.39 is 10.0 Å². The Kier molecular flexibility index (Phi) is 5.11. The number of rotatable bonds is 6. The van der Waals surface area contributed by atoms with Crippen LogP contribution in [0.15, 0.2) is 58.8 Å². The number of benzene rings is 1. The molecule has 0 saturated carbocycles. The molecule has 2 rings (SSSR count). The standard InChI is InChI=1S/C13H15N3O2S2/c1-11(19-13-14-8-5-9-15-13)10-16-20(17,18)12-6-3-2-4-7-12/h2-9,11,16H,10H2,1H3/t11-/m0/s1. The van der Waals surface area contributed by atoms with Gasteiger partial charge in [-0.25, -0.2) is 23.1 Å². The molecule has 0 fully saturated rings. The molecule has 0 radical (unpaired) electrons. The number of hydrogen-bond donors (Lipinski definition) is 1. The van der Waals surface area contributed by atoms with Gasteiger partial charge < -0.3 is 0 Å². The highest BCUT2D eigenvalue weighted by Crippen LogP contribution is 2.18. The van der Waals surface area contributed by atoms with Crippen molar-refractivity contribution >= 4 is 21.8 Å². The lowest BCUT2D eigenvalue weighted by Gasteiger charge is -2.11. The third kappa shape index (κ3) is 4.29. The number of thioether (sulfide) groups is 1.